The molecule has 2 N–H and O–H groups in total. The zero-order valence-electron chi connectivity index (χ0n) is 8.47. The summed E-state index contributed by atoms with van der Waals surface area (Å²) in [6.45, 7) is 1.68. The fraction of sp³-hybridized carbons (Fsp3) is 0.300. The Morgan fingerprint density at radius 1 is 1.43 bits per heavy atom. The highest BCUT2D eigenvalue weighted by Gasteiger charge is 2.13. The molecule has 0 aromatic heterocycles. The first-order valence-electron chi connectivity index (χ1n) is 4.20. The molecule has 0 radical (unpaired) electrons. The zero-order valence-corrected chi connectivity index (χ0v) is 8.47. The molecule has 0 saturated heterocycles. The van der Waals surface area contributed by atoms with Crippen LogP contribution in [0.1, 0.15) is 15.9 Å². The smallest absolute Gasteiger partial charge is 0.253 e. The Bertz CT molecular complexity index is 375. The van der Waals surface area contributed by atoms with Crippen LogP contribution in [-0.2, 0) is 0 Å². The molecular weight excluding hydrogens is 183 g/mol. The average molecular weight is 196 g/mol. The first-order chi connectivity index (χ1) is 6.43. The van der Waals surface area contributed by atoms with Gasteiger partial charge in [-0.25, -0.2) is 4.39 Å². The van der Waals surface area contributed by atoms with Crippen LogP contribution in [-0.4, -0.2) is 24.9 Å². The van der Waals surface area contributed by atoms with Gasteiger partial charge >= 0.3 is 0 Å². The largest absolute Gasteiger partial charge is 0.396 e. The van der Waals surface area contributed by atoms with Crippen molar-refractivity contribution in [2.45, 2.75) is 6.92 Å². The predicted molar refractivity (Wildman–Crippen MR) is 53.6 cm³/mol. The zero-order chi connectivity index (χ0) is 10.9. The number of aryl methyl sites for hydroxylation is 1. The number of hydrogen-bond acceptors (Lipinski definition) is 2. The van der Waals surface area contributed by atoms with Crippen molar-refractivity contribution in [3.8, 4) is 0 Å². The van der Waals surface area contributed by atoms with E-state index in [9.17, 15) is 9.18 Å². The summed E-state index contributed by atoms with van der Waals surface area (Å²) in [6, 6.07) is 2.64. The highest BCUT2D eigenvalue weighted by Crippen LogP contribution is 2.17. The number of rotatable bonds is 1. The first kappa shape index (κ1) is 10.5. The van der Waals surface area contributed by atoms with E-state index in [1.54, 1.807) is 21.0 Å². The van der Waals surface area contributed by atoms with Crippen molar-refractivity contribution in [2.75, 3.05) is 19.8 Å². The van der Waals surface area contributed by atoms with Gasteiger partial charge in [0.25, 0.3) is 5.91 Å². The molecule has 1 amide bonds. The minimum absolute atomic E-state index is 0.000741. The molecule has 0 bridgehead atoms. The molecule has 0 aliphatic carbocycles. The average Bonchev–Trinajstić information content (AvgIpc) is 2.10. The number of nitrogen functional groups attached to an aromatic ring is 1. The number of amides is 1. The maximum Gasteiger partial charge on any atom is 0.253 e. The summed E-state index contributed by atoms with van der Waals surface area (Å²) < 4.78 is 13.0. The highest BCUT2D eigenvalue weighted by atomic mass is 19.1. The van der Waals surface area contributed by atoms with Gasteiger partial charge in [0.05, 0.1) is 5.69 Å². The molecule has 1 aromatic rings. The van der Waals surface area contributed by atoms with Crippen LogP contribution in [0, 0.1) is 12.7 Å². The van der Waals surface area contributed by atoms with Gasteiger partial charge < -0.3 is 10.6 Å². The Hall–Kier alpha value is -1.58. The number of anilines is 1. The number of benzene rings is 1. The van der Waals surface area contributed by atoms with Gasteiger partial charge in [-0.05, 0) is 24.6 Å². The number of nitrogens with zero attached hydrogens (tertiary/aromatic N) is 1. The second-order valence-corrected chi connectivity index (χ2v) is 3.39. The van der Waals surface area contributed by atoms with Crippen molar-refractivity contribution in [3.05, 3.63) is 29.1 Å². The lowest BCUT2D eigenvalue weighted by atomic mass is 10.1. The Balaban J connectivity index is 3.22. The predicted octanol–water partition coefficient (Wildman–Crippen LogP) is 1.42. The number of nitrogens with two attached hydrogens (primary N) is 1. The molecule has 0 heterocycles. The third kappa shape index (κ3) is 1.84. The van der Waals surface area contributed by atoms with Gasteiger partial charge in [0, 0.05) is 19.7 Å². The van der Waals surface area contributed by atoms with Crippen LogP contribution in [0.2, 0.25) is 0 Å². The van der Waals surface area contributed by atoms with Crippen LogP contribution in [0.4, 0.5) is 10.1 Å². The molecule has 4 heteroatoms. The Morgan fingerprint density at radius 3 is 2.50 bits per heavy atom. The maximum absolute atomic E-state index is 13.0. The van der Waals surface area contributed by atoms with Crippen LogP contribution >= 0.6 is 0 Å². The standard InChI is InChI=1S/C10H13FN2O/c1-6-4-8(11)9(12)5-7(6)10(14)13(2)3/h4-5H,12H2,1-3H3. The van der Waals surface area contributed by atoms with E-state index in [0.29, 0.717) is 11.1 Å². The van der Waals surface area contributed by atoms with Crippen molar-refractivity contribution >= 4 is 11.6 Å². The topological polar surface area (TPSA) is 46.3 Å². The molecular formula is C10H13FN2O. The number of halogens is 1. The summed E-state index contributed by atoms with van der Waals surface area (Å²) in [5, 5.41) is 0. The summed E-state index contributed by atoms with van der Waals surface area (Å²) in [5.74, 6) is -0.660. The van der Waals surface area contributed by atoms with Crippen molar-refractivity contribution in [1.82, 2.24) is 4.90 Å². The minimum Gasteiger partial charge on any atom is -0.396 e. The van der Waals surface area contributed by atoms with Crippen LogP contribution < -0.4 is 5.73 Å². The van der Waals surface area contributed by atoms with Gasteiger partial charge in [0.2, 0.25) is 0 Å². The number of carbonyl (C=O) groups is 1. The summed E-state index contributed by atoms with van der Waals surface area (Å²) in [6.07, 6.45) is 0. The third-order valence-electron chi connectivity index (χ3n) is 1.98. The first-order valence-corrected chi connectivity index (χ1v) is 4.20. The lowest BCUT2D eigenvalue weighted by molar-refractivity contribution is 0.0827. The Kier molecular flexibility index (Phi) is 2.74. The second-order valence-electron chi connectivity index (χ2n) is 3.39. The van der Waals surface area contributed by atoms with E-state index in [1.165, 1.54) is 17.0 Å². The summed E-state index contributed by atoms with van der Waals surface area (Å²) in [4.78, 5) is 13.0. The molecule has 0 fully saturated rings. The fourth-order valence-electron chi connectivity index (χ4n) is 1.16. The quantitative estimate of drug-likeness (QED) is 0.690. The second kappa shape index (κ2) is 3.65. The summed E-state index contributed by atoms with van der Waals surface area (Å²) in [5.41, 5.74) is 6.41. The molecule has 76 valence electrons. The molecule has 14 heavy (non-hydrogen) atoms. The monoisotopic (exact) mass is 196 g/mol. The summed E-state index contributed by atoms with van der Waals surface area (Å²) in [7, 11) is 3.28. The fourth-order valence-corrected chi connectivity index (χ4v) is 1.16. The third-order valence-corrected chi connectivity index (χ3v) is 1.98. The van der Waals surface area contributed by atoms with E-state index in [0.717, 1.165) is 0 Å². The number of carbonyl (C=O) groups excluding carboxylic acids is 1. The van der Waals surface area contributed by atoms with Crippen molar-refractivity contribution in [3.63, 3.8) is 0 Å². The van der Waals surface area contributed by atoms with Crippen LogP contribution in [0.3, 0.4) is 0 Å². The molecule has 1 aromatic carbocycles. The van der Waals surface area contributed by atoms with Gasteiger partial charge in [-0.2, -0.15) is 0 Å². The lowest BCUT2D eigenvalue weighted by Gasteiger charge is -2.13. The van der Waals surface area contributed by atoms with Crippen LogP contribution in [0.5, 0.6) is 0 Å². The van der Waals surface area contributed by atoms with E-state index in [-0.39, 0.29) is 11.6 Å². The molecule has 0 atom stereocenters. The molecule has 0 spiro atoms. The summed E-state index contributed by atoms with van der Waals surface area (Å²) >= 11 is 0. The lowest BCUT2D eigenvalue weighted by Crippen LogP contribution is -2.22. The van der Waals surface area contributed by atoms with Gasteiger partial charge in [0.15, 0.2) is 0 Å². The van der Waals surface area contributed by atoms with Crippen molar-refractivity contribution < 1.29 is 9.18 Å². The van der Waals surface area contributed by atoms with Gasteiger partial charge in [0.1, 0.15) is 5.82 Å². The van der Waals surface area contributed by atoms with Gasteiger partial charge in [-0.3, -0.25) is 4.79 Å². The molecule has 0 aliphatic heterocycles. The van der Waals surface area contributed by atoms with Crippen LogP contribution in [0.25, 0.3) is 0 Å². The van der Waals surface area contributed by atoms with Gasteiger partial charge in [-0.1, -0.05) is 0 Å². The van der Waals surface area contributed by atoms with E-state index < -0.39 is 5.82 Å². The number of hydrogen-bond donors (Lipinski definition) is 1. The van der Waals surface area contributed by atoms with Crippen molar-refractivity contribution in [1.29, 1.82) is 0 Å². The molecule has 0 unspecified atom stereocenters. The van der Waals surface area contributed by atoms with Crippen LogP contribution in [0.15, 0.2) is 12.1 Å². The SMILES string of the molecule is Cc1cc(F)c(N)cc1C(=O)N(C)C. The van der Waals surface area contributed by atoms with Gasteiger partial charge in [-0.15, -0.1) is 0 Å². The minimum atomic E-state index is -0.488. The highest BCUT2D eigenvalue weighted by molar-refractivity contribution is 5.96. The molecule has 3 nitrogen and oxygen atoms in total. The maximum atomic E-state index is 13.0. The molecule has 1 rings (SSSR count). The van der Waals surface area contributed by atoms with E-state index >= 15 is 0 Å². The molecule has 0 aliphatic rings. The normalized spacial score (nSPS) is 10.0. The van der Waals surface area contributed by atoms with E-state index in [4.69, 9.17) is 5.73 Å². The Morgan fingerprint density at radius 2 is 2.00 bits per heavy atom. The Labute approximate surface area is 82.3 Å². The van der Waals surface area contributed by atoms with Crippen molar-refractivity contribution in [2.24, 2.45) is 0 Å². The van der Waals surface area contributed by atoms with E-state index in [2.05, 4.69) is 0 Å². The molecule has 0 saturated carbocycles. The van der Waals surface area contributed by atoms with E-state index in [1.807, 2.05) is 0 Å².